The van der Waals surface area contributed by atoms with Crippen molar-refractivity contribution in [2.24, 2.45) is 0 Å². The van der Waals surface area contributed by atoms with Gasteiger partial charge in [0.15, 0.2) is 0 Å². The van der Waals surface area contributed by atoms with E-state index in [0.717, 1.165) is 24.9 Å². The molecule has 0 aliphatic heterocycles. The van der Waals surface area contributed by atoms with Gasteiger partial charge in [-0.25, -0.2) is 0 Å². The van der Waals surface area contributed by atoms with Gasteiger partial charge < -0.3 is 0 Å². The molecule has 18 heavy (non-hydrogen) atoms. The number of carbonyl (C=O) groups is 1. The van der Waals surface area contributed by atoms with E-state index in [2.05, 4.69) is 11.9 Å². The number of rotatable bonds is 3. The normalized spacial score (nSPS) is 17.4. The molecule has 1 fully saturated rings. The first-order valence-corrected chi connectivity index (χ1v) is 6.98. The third kappa shape index (κ3) is 3.25. The summed E-state index contributed by atoms with van der Waals surface area (Å²) in [5, 5.41) is 1.24. The van der Waals surface area contributed by atoms with Gasteiger partial charge in [-0.2, -0.15) is 0 Å². The van der Waals surface area contributed by atoms with Crippen LogP contribution in [0.5, 0.6) is 0 Å². The van der Waals surface area contributed by atoms with Crippen LogP contribution in [0.3, 0.4) is 0 Å². The topological polar surface area (TPSA) is 20.3 Å². The van der Waals surface area contributed by atoms with Gasteiger partial charge in [0.1, 0.15) is 5.78 Å². The Labute approximate surface area is 118 Å². The molecule has 1 aliphatic carbocycles. The van der Waals surface area contributed by atoms with E-state index < -0.39 is 0 Å². The third-order valence-electron chi connectivity index (χ3n) is 3.59. The van der Waals surface area contributed by atoms with Crippen LogP contribution in [0.2, 0.25) is 10.0 Å². The Kier molecular flexibility index (Phi) is 4.66. The van der Waals surface area contributed by atoms with Gasteiger partial charge in [-0.1, -0.05) is 35.3 Å². The lowest BCUT2D eigenvalue weighted by Crippen LogP contribution is -2.34. The van der Waals surface area contributed by atoms with E-state index in [4.69, 9.17) is 23.2 Å². The summed E-state index contributed by atoms with van der Waals surface area (Å²) in [6.45, 7) is 0.776. The van der Waals surface area contributed by atoms with Crippen LogP contribution in [0.1, 0.15) is 31.2 Å². The van der Waals surface area contributed by atoms with Crippen LogP contribution >= 0.6 is 23.2 Å². The molecular formula is C14H17Cl2NO. The lowest BCUT2D eigenvalue weighted by Gasteiger charge is -2.31. The minimum Gasteiger partial charge on any atom is -0.300 e. The van der Waals surface area contributed by atoms with Gasteiger partial charge >= 0.3 is 0 Å². The molecule has 0 atom stereocenters. The van der Waals surface area contributed by atoms with E-state index >= 15 is 0 Å². The van der Waals surface area contributed by atoms with Crippen LogP contribution in [0.25, 0.3) is 0 Å². The van der Waals surface area contributed by atoms with Gasteiger partial charge in [-0.05, 0) is 31.5 Å². The van der Waals surface area contributed by atoms with Gasteiger partial charge in [-0.3, -0.25) is 9.69 Å². The van der Waals surface area contributed by atoms with Crippen molar-refractivity contribution < 1.29 is 4.79 Å². The van der Waals surface area contributed by atoms with Crippen molar-refractivity contribution in [1.29, 1.82) is 0 Å². The Bertz CT molecular complexity index is 437. The summed E-state index contributed by atoms with van der Waals surface area (Å²) in [5.74, 6) is 0.389. The van der Waals surface area contributed by atoms with Crippen molar-refractivity contribution >= 4 is 29.0 Å². The van der Waals surface area contributed by atoms with Gasteiger partial charge in [0, 0.05) is 25.4 Å². The molecule has 1 aliphatic rings. The first-order chi connectivity index (χ1) is 8.58. The van der Waals surface area contributed by atoms with Gasteiger partial charge in [0.2, 0.25) is 0 Å². The number of benzene rings is 1. The van der Waals surface area contributed by atoms with E-state index in [1.807, 2.05) is 12.1 Å². The third-order valence-corrected chi connectivity index (χ3v) is 4.45. The number of ketones is 1. The molecule has 0 amide bonds. The molecule has 0 saturated heterocycles. The SMILES string of the molecule is CN(Cc1cccc(Cl)c1Cl)C1CCC(=O)CC1. The fourth-order valence-corrected chi connectivity index (χ4v) is 2.81. The Morgan fingerprint density at radius 1 is 1.28 bits per heavy atom. The van der Waals surface area contributed by atoms with Gasteiger partial charge in [0.05, 0.1) is 10.0 Å². The Balaban J connectivity index is 2.00. The average Bonchev–Trinajstić information content (AvgIpc) is 2.36. The largest absolute Gasteiger partial charge is 0.300 e. The number of nitrogens with zero attached hydrogens (tertiary/aromatic N) is 1. The summed E-state index contributed by atoms with van der Waals surface area (Å²) in [4.78, 5) is 13.5. The predicted molar refractivity (Wildman–Crippen MR) is 75.2 cm³/mol. The van der Waals surface area contributed by atoms with E-state index in [1.54, 1.807) is 6.07 Å². The highest BCUT2D eigenvalue weighted by Crippen LogP contribution is 2.28. The molecule has 0 heterocycles. The summed E-state index contributed by atoms with van der Waals surface area (Å²) in [7, 11) is 2.08. The molecule has 2 rings (SSSR count). The molecule has 1 aromatic carbocycles. The number of halogens is 2. The minimum absolute atomic E-state index is 0.389. The van der Waals surface area contributed by atoms with Crippen LogP contribution in [0.15, 0.2) is 18.2 Å². The summed E-state index contributed by atoms with van der Waals surface area (Å²) in [6, 6.07) is 6.19. The first kappa shape index (κ1) is 13.9. The summed E-state index contributed by atoms with van der Waals surface area (Å²) in [6.07, 6.45) is 3.32. The molecule has 2 nitrogen and oxygen atoms in total. The number of carbonyl (C=O) groups excluding carboxylic acids is 1. The molecule has 1 aromatic rings. The summed E-state index contributed by atoms with van der Waals surface area (Å²) >= 11 is 12.2. The Morgan fingerprint density at radius 3 is 2.61 bits per heavy atom. The van der Waals surface area contributed by atoms with Crippen LogP contribution in [-0.4, -0.2) is 23.8 Å². The zero-order chi connectivity index (χ0) is 13.1. The molecule has 98 valence electrons. The zero-order valence-electron chi connectivity index (χ0n) is 10.5. The molecule has 0 bridgehead atoms. The molecular weight excluding hydrogens is 269 g/mol. The molecule has 1 saturated carbocycles. The maximum absolute atomic E-state index is 11.2. The van der Waals surface area contributed by atoms with Crippen molar-refractivity contribution in [3.8, 4) is 0 Å². The predicted octanol–water partition coefficient (Wildman–Crippen LogP) is 3.94. The first-order valence-electron chi connectivity index (χ1n) is 6.22. The van der Waals surface area contributed by atoms with Crippen molar-refractivity contribution in [3.63, 3.8) is 0 Å². The highest BCUT2D eigenvalue weighted by molar-refractivity contribution is 6.42. The fraction of sp³-hybridized carbons (Fsp3) is 0.500. The quantitative estimate of drug-likeness (QED) is 0.839. The Hall–Kier alpha value is -0.570. The van der Waals surface area contributed by atoms with Gasteiger partial charge in [-0.15, -0.1) is 0 Å². The maximum Gasteiger partial charge on any atom is 0.133 e. The summed E-state index contributed by atoms with van der Waals surface area (Å²) in [5.41, 5.74) is 1.04. The Morgan fingerprint density at radius 2 is 1.94 bits per heavy atom. The molecule has 4 heteroatoms. The smallest absolute Gasteiger partial charge is 0.133 e. The molecule has 0 aromatic heterocycles. The van der Waals surface area contributed by atoms with Crippen LogP contribution in [0, 0.1) is 0 Å². The lowest BCUT2D eigenvalue weighted by atomic mass is 9.93. The van der Waals surface area contributed by atoms with Crippen molar-refractivity contribution in [3.05, 3.63) is 33.8 Å². The van der Waals surface area contributed by atoms with Crippen LogP contribution < -0.4 is 0 Å². The van der Waals surface area contributed by atoms with E-state index in [0.29, 0.717) is 34.7 Å². The van der Waals surface area contributed by atoms with Gasteiger partial charge in [0.25, 0.3) is 0 Å². The van der Waals surface area contributed by atoms with E-state index in [9.17, 15) is 4.79 Å². The average molecular weight is 286 g/mol. The van der Waals surface area contributed by atoms with Crippen LogP contribution in [0.4, 0.5) is 0 Å². The molecule has 0 unspecified atom stereocenters. The monoisotopic (exact) mass is 285 g/mol. The second-order valence-corrected chi connectivity index (χ2v) is 5.68. The minimum atomic E-state index is 0.389. The molecule has 0 radical (unpaired) electrons. The van der Waals surface area contributed by atoms with E-state index in [-0.39, 0.29) is 0 Å². The lowest BCUT2D eigenvalue weighted by molar-refractivity contribution is -0.121. The molecule has 0 N–H and O–H groups in total. The van der Waals surface area contributed by atoms with Crippen molar-refractivity contribution in [2.75, 3.05) is 7.05 Å². The second kappa shape index (κ2) is 6.05. The molecule has 0 spiro atoms. The maximum atomic E-state index is 11.2. The second-order valence-electron chi connectivity index (χ2n) is 4.90. The summed E-state index contributed by atoms with van der Waals surface area (Å²) < 4.78 is 0. The zero-order valence-corrected chi connectivity index (χ0v) is 12.0. The van der Waals surface area contributed by atoms with Crippen molar-refractivity contribution in [2.45, 2.75) is 38.3 Å². The standard InChI is InChI=1S/C14H17Cl2NO/c1-17(11-5-7-12(18)8-6-11)9-10-3-2-4-13(15)14(10)16/h2-4,11H,5-9H2,1H3. The number of Topliss-reactive ketones (excluding diaryl/α,β-unsaturated/α-hetero) is 1. The van der Waals surface area contributed by atoms with Crippen molar-refractivity contribution in [1.82, 2.24) is 4.90 Å². The fourth-order valence-electron chi connectivity index (χ4n) is 2.43. The number of hydrogen-bond donors (Lipinski definition) is 0. The van der Waals surface area contributed by atoms with E-state index in [1.165, 1.54) is 0 Å². The number of hydrogen-bond acceptors (Lipinski definition) is 2. The van der Waals surface area contributed by atoms with Crippen LogP contribution in [-0.2, 0) is 11.3 Å². The highest BCUT2D eigenvalue weighted by atomic mass is 35.5. The highest BCUT2D eigenvalue weighted by Gasteiger charge is 2.22.